The van der Waals surface area contributed by atoms with Gasteiger partial charge in [-0.25, -0.2) is 0 Å². The molecule has 0 aromatic rings. The van der Waals surface area contributed by atoms with Gasteiger partial charge in [0, 0.05) is 28.9 Å². The lowest BCUT2D eigenvalue weighted by Crippen LogP contribution is -2.43. The highest BCUT2D eigenvalue weighted by molar-refractivity contribution is 7.84. The number of hydrogen-bond acceptors (Lipinski definition) is 3. The second kappa shape index (κ2) is 5.29. The number of nitrogens with one attached hydrogen (secondary N) is 1. The van der Waals surface area contributed by atoms with Gasteiger partial charge in [-0.05, 0) is 32.6 Å². The number of nitrogens with zero attached hydrogens (tertiary/aromatic N) is 1. The van der Waals surface area contributed by atoms with Crippen LogP contribution in [-0.2, 0) is 15.6 Å². The second-order valence-electron chi connectivity index (χ2n) is 5.66. The third kappa shape index (κ3) is 2.62. The number of carbonyl (C=O) groups is 1. The summed E-state index contributed by atoms with van der Waals surface area (Å²) in [4.78, 5) is 14.5. The van der Waals surface area contributed by atoms with Gasteiger partial charge in [0.05, 0.1) is 11.7 Å². The molecule has 2 aliphatic rings. The van der Waals surface area contributed by atoms with E-state index in [-0.39, 0.29) is 23.7 Å². The highest BCUT2D eigenvalue weighted by Gasteiger charge is 2.59. The summed E-state index contributed by atoms with van der Waals surface area (Å²) in [5.41, 5.74) is -0.223. The van der Waals surface area contributed by atoms with Gasteiger partial charge in [0.2, 0.25) is 5.91 Å². The topological polar surface area (TPSA) is 49.4 Å². The summed E-state index contributed by atoms with van der Waals surface area (Å²) in [6.07, 6.45) is 6.78. The van der Waals surface area contributed by atoms with Crippen molar-refractivity contribution in [2.75, 3.05) is 12.0 Å². The summed E-state index contributed by atoms with van der Waals surface area (Å²) in [7, 11) is -0.774. The lowest BCUT2D eigenvalue weighted by molar-refractivity contribution is -0.132. The molecule has 2 fully saturated rings. The van der Waals surface area contributed by atoms with Crippen LogP contribution in [0.15, 0.2) is 0 Å². The Kier molecular flexibility index (Phi) is 4.11. The van der Waals surface area contributed by atoms with E-state index >= 15 is 0 Å². The molecule has 5 heteroatoms. The smallest absolute Gasteiger partial charge is 0.244 e. The molecular formula is C13H24N2O2S. The van der Waals surface area contributed by atoms with E-state index in [9.17, 15) is 9.00 Å². The average molecular weight is 272 g/mol. The minimum Gasteiger partial charge on any atom is -0.323 e. The van der Waals surface area contributed by atoms with Crippen molar-refractivity contribution in [2.45, 2.75) is 63.7 Å². The van der Waals surface area contributed by atoms with Gasteiger partial charge in [-0.15, -0.1) is 0 Å². The van der Waals surface area contributed by atoms with E-state index in [1.165, 1.54) is 0 Å². The standard InChI is InChI=1S/C13H24N2O2S/c1-4-5-11-14-13(7-8-13)12(16)15(11)10(2)6-9-18(3)17/h10-11,14H,4-9H2,1-3H3. The highest BCUT2D eigenvalue weighted by atomic mass is 32.2. The van der Waals surface area contributed by atoms with Gasteiger partial charge in [0.15, 0.2) is 0 Å². The summed E-state index contributed by atoms with van der Waals surface area (Å²) in [6.45, 7) is 4.23. The van der Waals surface area contributed by atoms with E-state index in [2.05, 4.69) is 19.2 Å². The summed E-state index contributed by atoms with van der Waals surface area (Å²) in [5.74, 6) is 0.951. The van der Waals surface area contributed by atoms with Crippen molar-refractivity contribution >= 4 is 16.7 Å². The molecule has 4 nitrogen and oxygen atoms in total. The van der Waals surface area contributed by atoms with Crippen LogP contribution in [0.2, 0.25) is 0 Å². The van der Waals surface area contributed by atoms with Crippen LogP contribution in [0.4, 0.5) is 0 Å². The van der Waals surface area contributed by atoms with Crippen molar-refractivity contribution in [3.05, 3.63) is 0 Å². The second-order valence-corrected chi connectivity index (χ2v) is 7.21. The van der Waals surface area contributed by atoms with Gasteiger partial charge >= 0.3 is 0 Å². The van der Waals surface area contributed by atoms with E-state index < -0.39 is 10.8 Å². The van der Waals surface area contributed by atoms with Crippen molar-refractivity contribution in [3.8, 4) is 0 Å². The quantitative estimate of drug-likeness (QED) is 0.791. The number of amides is 1. The van der Waals surface area contributed by atoms with Gasteiger partial charge < -0.3 is 4.90 Å². The first-order chi connectivity index (χ1) is 8.50. The molecule has 1 amide bonds. The van der Waals surface area contributed by atoms with Gasteiger partial charge in [-0.3, -0.25) is 14.3 Å². The van der Waals surface area contributed by atoms with Crippen LogP contribution in [0.5, 0.6) is 0 Å². The van der Waals surface area contributed by atoms with Crippen LogP contribution >= 0.6 is 0 Å². The Morgan fingerprint density at radius 3 is 2.72 bits per heavy atom. The molecule has 1 heterocycles. The fourth-order valence-electron chi connectivity index (χ4n) is 2.79. The highest BCUT2D eigenvalue weighted by Crippen LogP contribution is 2.43. The first-order valence-corrected chi connectivity index (χ1v) is 8.63. The lowest BCUT2D eigenvalue weighted by atomic mass is 10.1. The minimum atomic E-state index is -0.774. The van der Waals surface area contributed by atoms with Crippen LogP contribution in [0.1, 0.15) is 46.0 Å². The first-order valence-electron chi connectivity index (χ1n) is 6.90. The SMILES string of the molecule is CCCC1NC2(CC2)C(=O)N1C(C)CCS(C)=O. The zero-order valence-corrected chi connectivity index (χ0v) is 12.4. The molecule has 1 spiro atoms. The molecule has 3 unspecified atom stereocenters. The molecule has 104 valence electrons. The van der Waals surface area contributed by atoms with Crippen LogP contribution in [-0.4, -0.2) is 44.8 Å². The fraction of sp³-hybridized carbons (Fsp3) is 0.923. The Morgan fingerprint density at radius 2 is 2.22 bits per heavy atom. The molecule has 3 atom stereocenters. The maximum Gasteiger partial charge on any atom is 0.244 e. The van der Waals surface area contributed by atoms with Gasteiger partial charge in [0.1, 0.15) is 0 Å². The van der Waals surface area contributed by atoms with Crippen LogP contribution < -0.4 is 5.32 Å². The molecule has 1 N–H and O–H groups in total. The Labute approximate surface area is 112 Å². The summed E-state index contributed by atoms with van der Waals surface area (Å²) >= 11 is 0. The number of rotatable bonds is 6. The average Bonchev–Trinajstić information content (AvgIpc) is 3.02. The molecule has 0 aromatic heterocycles. The first kappa shape index (κ1) is 14.0. The van der Waals surface area contributed by atoms with E-state index in [1.54, 1.807) is 6.26 Å². The number of carbonyl (C=O) groups excluding carboxylic acids is 1. The maximum absolute atomic E-state index is 12.4. The van der Waals surface area contributed by atoms with Crippen molar-refractivity contribution in [3.63, 3.8) is 0 Å². The Bertz CT molecular complexity index is 355. The van der Waals surface area contributed by atoms with Crippen molar-refractivity contribution in [1.29, 1.82) is 0 Å². The van der Waals surface area contributed by atoms with Gasteiger partial charge in [0.25, 0.3) is 0 Å². The summed E-state index contributed by atoms with van der Waals surface area (Å²) < 4.78 is 11.2. The molecule has 0 radical (unpaired) electrons. The van der Waals surface area contributed by atoms with Crippen molar-refractivity contribution in [1.82, 2.24) is 10.2 Å². The Morgan fingerprint density at radius 1 is 1.56 bits per heavy atom. The molecule has 0 aromatic carbocycles. The van der Waals surface area contributed by atoms with Crippen molar-refractivity contribution in [2.24, 2.45) is 0 Å². The third-order valence-corrected chi connectivity index (χ3v) is 4.84. The summed E-state index contributed by atoms with van der Waals surface area (Å²) in [6, 6.07) is 0.186. The minimum absolute atomic E-state index is 0.185. The predicted molar refractivity (Wildman–Crippen MR) is 73.7 cm³/mol. The molecule has 0 bridgehead atoms. The molecule has 18 heavy (non-hydrogen) atoms. The van der Waals surface area contributed by atoms with Crippen LogP contribution in [0.3, 0.4) is 0 Å². The van der Waals surface area contributed by atoms with Crippen molar-refractivity contribution < 1.29 is 9.00 Å². The van der Waals surface area contributed by atoms with E-state index in [0.29, 0.717) is 5.75 Å². The molecule has 1 saturated carbocycles. The van der Waals surface area contributed by atoms with Crippen LogP contribution in [0, 0.1) is 0 Å². The molecule has 1 aliphatic carbocycles. The normalized spacial score (nSPS) is 28.7. The largest absolute Gasteiger partial charge is 0.323 e. The van der Waals surface area contributed by atoms with E-state index in [0.717, 1.165) is 32.1 Å². The lowest BCUT2D eigenvalue weighted by Gasteiger charge is -2.30. The molecule has 1 aliphatic heterocycles. The zero-order valence-electron chi connectivity index (χ0n) is 11.6. The van der Waals surface area contributed by atoms with E-state index in [4.69, 9.17) is 0 Å². The van der Waals surface area contributed by atoms with Gasteiger partial charge in [-0.1, -0.05) is 13.3 Å². The maximum atomic E-state index is 12.4. The predicted octanol–water partition coefficient (Wildman–Crippen LogP) is 1.23. The molecule has 2 rings (SSSR count). The zero-order chi connectivity index (χ0) is 13.3. The summed E-state index contributed by atoms with van der Waals surface area (Å²) in [5, 5.41) is 3.51. The van der Waals surface area contributed by atoms with Gasteiger partial charge in [-0.2, -0.15) is 0 Å². The van der Waals surface area contributed by atoms with E-state index in [1.807, 2.05) is 4.90 Å². The monoisotopic (exact) mass is 272 g/mol. The fourth-order valence-corrected chi connectivity index (χ4v) is 3.46. The molecule has 1 saturated heterocycles. The van der Waals surface area contributed by atoms with Crippen LogP contribution in [0.25, 0.3) is 0 Å². The Balaban J connectivity index is 2.02. The third-order valence-electron chi connectivity index (χ3n) is 4.03. The molecular weight excluding hydrogens is 248 g/mol. The number of hydrogen-bond donors (Lipinski definition) is 1. The Hall–Kier alpha value is -0.420.